The molecule has 1 heterocycles. The molecule has 0 bridgehead atoms. The summed E-state index contributed by atoms with van der Waals surface area (Å²) in [7, 11) is 0. The van der Waals surface area contributed by atoms with Crippen LogP contribution in [0.2, 0.25) is 5.02 Å². The van der Waals surface area contributed by atoms with Crippen molar-refractivity contribution >= 4 is 17.6 Å². The van der Waals surface area contributed by atoms with Gasteiger partial charge in [-0.05, 0) is 18.2 Å². The number of carboxylic acids is 1. The predicted molar refractivity (Wildman–Crippen MR) is 58.3 cm³/mol. The quantitative estimate of drug-likeness (QED) is 0.923. The summed E-state index contributed by atoms with van der Waals surface area (Å²) in [5.74, 6) is -1.34. The minimum Gasteiger partial charge on any atom is -0.476 e. The van der Waals surface area contributed by atoms with Crippen LogP contribution in [0.25, 0.3) is 5.69 Å². The summed E-state index contributed by atoms with van der Waals surface area (Å²) in [6, 6.07) is 2.64. The monoisotopic (exact) mass is 291 g/mol. The molecule has 9 heteroatoms. The molecule has 2 rings (SSSR count). The molecule has 0 aliphatic carbocycles. The van der Waals surface area contributed by atoms with Gasteiger partial charge in [-0.25, -0.2) is 9.48 Å². The zero-order valence-electron chi connectivity index (χ0n) is 9.02. The fourth-order valence-corrected chi connectivity index (χ4v) is 1.55. The second-order valence-electron chi connectivity index (χ2n) is 3.52. The standard InChI is InChI=1S/C10H5ClF3N3O2/c11-6-2-1-5(10(12,13)14)3-8(6)17-4-7(9(18)19)15-16-17/h1-4H,(H,18,19). The molecular formula is C10H5ClF3N3O2. The number of alkyl halides is 3. The molecule has 5 nitrogen and oxygen atoms in total. The number of aromatic nitrogens is 3. The number of hydrogen-bond donors (Lipinski definition) is 1. The molecule has 1 aromatic carbocycles. The highest BCUT2D eigenvalue weighted by Crippen LogP contribution is 2.32. The molecule has 0 saturated carbocycles. The summed E-state index contributed by atoms with van der Waals surface area (Å²) in [6.45, 7) is 0. The lowest BCUT2D eigenvalue weighted by Gasteiger charge is -2.09. The van der Waals surface area contributed by atoms with Crippen LogP contribution in [-0.4, -0.2) is 26.1 Å². The van der Waals surface area contributed by atoms with Gasteiger partial charge in [-0.15, -0.1) is 5.10 Å². The Morgan fingerprint density at radius 2 is 2.05 bits per heavy atom. The van der Waals surface area contributed by atoms with E-state index in [0.717, 1.165) is 29.1 Å². The van der Waals surface area contributed by atoms with Crippen LogP contribution in [0.4, 0.5) is 13.2 Å². The molecule has 0 spiro atoms. The van der Waals surface area contributed by atoms with Crippen LogP contribution >= 0.6 is 11.6 Å². The Hall–Kier alpha value is -2.09. The number of hydrogen-bond acceptors (Lipinski definition) is 3. The van der Waals surface area contributed by atoms with E-state index < -0.39 is 23.4 Å². The highest BCUT2D eigenvalue weighted by Gasteiger charge is 2.31. The highest BCUT2D eigenvalue weighted by atomic mass is 35.5. The van der Waals surface area contributed by atoms with Crippen LogP contribution < -0.4 is 0 Å². The smallest absolute Gasteiger partial charge is 0.416 e. The number of nitrogens with zero attached hydrogens (tertiary/aromatic N) is 3. The van der Waals surface area contributed by atoms with Crippen molar-refractivity contribution in [2.24, 2.45) is 0 Å². The van der Waals surface area contributed by atoms with E-state index in [2.05, 4.69) is 10.3 Å². The molecule has 0 radical (unpaired) electrons. The number of carboxylic acid groups (broad SMARTS) is 1. The molecule has 0 atom stereocenters. The van der Waals surface area contributed by atoms with Gasteiger partial charge in [0.2, 0.25) is 0 Å². The summed E-state index contributed by atoms with van der Waals surface area (Å²) in [6.07, 6.45) is -3.56. The SMILES string of the molecule is O=C(O)c1cn(-c2cc(C(F)(F)F)ccc2Cl)nn1. The number of halogens is 4. The van der Waals surface area contributed by atoms with Crippen LogP contribution in [-0.2, 0) is 6.18 Å². The maximum atomic E-state index is 12.6. The molecule has 0 fully saturated rings. The number of rotatable bonds is 2. The normalized spacial score (nSPS) is 11.6. The van der Waals surface area contributed by atoms with Crippen LogP contribution in [0.5, 0.6) is 0 Å². The second kappa shape index (κ2) is 4.54. The first-order valence-electron chi connectivity index (χ1n) is 4.82. The Balaban J connectivity index is 2.51. The van der Waals surface area contributed by atoms with E-state index in [1.165, 1.54) is 0 Å². The van der Waals surface area contributed by atoms with Crippen molar-refractivity contribution in [1.82, 2.24) is 15.0 Å². The molecule has 0 aliphatic heterocycles. The van der Waals surface area contributed by atoms with E-state index in [1.807, 2.05) is 0 Å². The minimum absolute atomic E-state index is 0.00478. The van der Waals surface area contributed by atoms with E-state index in [0.29, 0.717) is 0 Å². The van der Waals surface area contributed by atoms with Crippen LogP contribution in [0.3, 0.4) is 0 Å². The molecule has 0 unspecified atom stereocenters. The van der Waals surface area contributed by atoms with Crippen LogP contribution in [0.1, 0.15) is 16.1 Å². The number of aromatic carboxylic acids is 1. The van der Waals surface area contributed by atoms with Crippen molar-refractivity contribution in [3.05, 3.63) is 40.7 Å². The van der Waals surface area contributed by atoms with E-state index in [-0.39, 0.29) is 10.7 Å². The molecule has 0 saturated heterocycles. The Bertz CT molecular complexity index is 639. The Morgan fingerprint density at radius 1 is 1.37 bits per heavy atom. The van der Waals surface area contributed by atoms with Crippen LogP contribution in [0.15, 0.2) is 24.4 Å². The summed E-state index contributed by atoms with van der Waals surface area (Å²) < 4.78 is 38.6. The first-order chi connectivity index (χ1) is 8.79. The van der Waals surface area contributed by atoms with Crippen molar-refractivity contribution in [3.8, 4) is 5.69 Å². The maximum Gasteiger partial charge on any atom is 0.416 e. The van der Waals surface area contributed by atoms with Crippen molar-refractivity contribution in [1.29, 1.82) is 0 Å². The molecule has 0 amide bonds. The first kappa shape index (κ1) is 13.3. The Kier molecular flexibility index (Phi) is 3.19. The third-order valence-corrected chi connectivity index (χ3v) is 2.55. The average molecular weight is 292 g/mol. The highest BCUT2D eigenvalue weighted by molar-refractivity contribution is 6.32. The van der Waals surface area contributed by atoms with Gasteiger partial charge < -0.3 is 5.11 Å². The van der Waals surface area contributed by atoms with Crippen molar-refractivity contribution < 1.29 is 23.1 Å². The number of benzene rings is 1. The van der Waals surface area contributed by atoms with Gasteiger partial charge in [0.05, 0.1) is 22.5 Å². The average Bonchev–Trinajstić information content (AvgIpc) is 2.77. The van der Waals surface area contributed by atoms with Gasteiger partial charge in [0.1, 0.15) is 0 Å². The van der Waals surface area contributed by atoms with Gasteiger partial charge in [0.15, 0.2) is 5.69 Å². The van der Waals surface area contributed by atoms with Gasteiger partial charge in [0.25, 0.3) is 0 Å². The molecular weight excluding hydrogens is 287 g/mol. The molecule has 1 aromatic heterocycles. The molecule has 100 valence electrons. The third kappa shape index (κ3) is 2.68. The van der Waals surface area contributed by atoms with Crippen LogP contribution in [0, 0.1) is 0 Å². The lowest BCUT2D eigenvalue weighted by molar-refractivity contribution is -0.137. The minimum atomic E-state index is -4.53. The largest absolute Gasteiger partial charge is 0.476 e. The zero-order chi connectivity index (χ0) is 14.2. The van der Waals surface area contributed by atoms with E-state index in [9.17, 15) is 18.0 Å². The number of carbonyl (C=O) groups is 1. The van der Waals surface area contributed by atoms with E-state index in [1.54, 1.807) is 0 Å². The van der Waals surface area contributed by atoms with Gasteiger partial charge in [0, 0.05) is 0 Å². The zero-order valence-corrected chi connectivity index (χ0v) is 9.77. The van der Waals surface area contributed by atoms with Crippen molar-refractivity contribution in [3.63, 3.8) is 0 Å². The molecule has 2 aromatic rings. The Morgan fingerprint density at radius 3 is 2.58 bits per heavy atom. The molecule has 0 aliphatic rings. The topological polar surface area (TPSA) is 68.0 Å². The molecule has 19 heavy (non-hydrogen) atoms. The van der Waals surface area contributed by atoms with Crippen molar-refractivity contribution in [2.75, 3.05) is 0 Å². The molecule has 1 N–H and O–H groups in total. The van der Waals surface area contributed by atoms with Gasteiger partial charge >= 0.3 is 12.1 Å². The maximum absolute atomic E-state index is 12.6. The van der Waals surface area contributed by atoms with Crippen molar-refractivity contribution in [2.45, 2.75) is 6.18 Å². The van der Waals surface area contributed by atoms with E-state index in [4.69, 9.17) is 16.7 Å². The van der Waals surface area contributed by atoms with E-state index >= 15 is 0 Å². The fraction of sp³-hybridized carbons (Fsp3) is 0.100. The second-order valence-corrected chi connectivity index (χ2v) is 3.92. The summed E-state index contributed by atoms with van der Waals surface area (Å²) in [5, 5.41) is 15.4. The lowest BCUT2D eigenvalue weighted by Crippen LogP contribution is -2.07. The van der Waals surface area contributed by atoms with Gasteiger partial charge in [-0.1, -0.05) is 16.8 Å². The first-order valence-corrected chi connectivity index (χ1v) is 5.19. The Labute approximate surface area is 109 Å². The predicted octanol–water partition coefficient (Wildman–Crippen LogP) is 2.64. The van der Waals surface area contributed by atoms with Gasteiger partial charge in [-0.3, -0.25) is 0 Å². The fourth-order valence-electron chi connectivity index (χ4n) is 1.34. The lowest BCUT2D eigenvalue weighted by atomic mass is 10.2. The third-order valence-electron chi connectivity index (χ3n) is 2.23. The van der Waals surface area contributed by atoms with Gasteiger partial charge in [-0.2, -0.15) is 13.2 Å². The summed E-state index contributed by atoms with van der Waals surface area (Å²) in [4.78, 5) is 10.6. The summed E-state index contributed by atoms with van der Waals surface area (Å²) >= 11 is 5.77. The summed E-state index contributed by atoms with van der Waals surface area (Å²) in [5.41, 5.74) is -1.41.